The van der Waals surface area contributed by atoms with E-state index < -0.39 is 79.4 Å². The summed E-state index contributed by atoms with van der Waals surface area (Å²) in [5.74, 6) is -10.7. The molecule has 0 fully saturated rings. The van der Waals surface area contributed by atoms with E-state index in [9.17, 15) is 21.6 Å². The Morgan fingerprint density at radius 2 is 0.621 bits per heavy atom. The highest BCUT2D eigenvalue weighted by Gasteiger charge is 2.43. The molecule has 0 spiro atoms. The number of benzene rings is 4. The summed E-state index contributed by atoms with van der Waals surface area (Å²) in [5, 5.41) is 0. The van der Waals surface area contributed by atoms with Crippen molar-refractivity contribution in [2.45, 2.75) is 136 Å². The van der Waals surface area contributed by atoms with Gasteiger partial charge < -0.3 is 13.3 Å². The maximum Gasteiger partial charge on any atom is 0.313 e. The van der Waals surface area contributed by atoms with Gasteiger partial charge in [-0.05, 0) is 138 Å². The van der Waals surface area contributed by atoms with Crippen molar-refractivity contribution in [1.29, 1.82) is 0 Å². The van der Waals surface area contributed by atoms with Crippen molar-refractivity contribution in [1.82, 2.24) is 0 Å². The predicted molar refractivity (Wildman–Crippen MR) is 230 cm³/mol. The maximum absolute atomic E-state index is 15.4. The highest BCUT2D eigenvalue weighted by Crippen LogP contribution is 2.71. The zero-order valence-electron chi connectivity index (χ0n) is 34.9. The molecule has 0 radical (unpaired) electrons. The lowest BCUT2D eigenvalue weighted by atomic mass is 10.3. The van der Waals surface area contributed by atoms with Crippen LogP contribution < -0.4 is 13.3 Å². The van der Waals surface area contributed by atoms with E-state index in [0.717, 1.165) is 54.4 Å². The van der Waals surface area contributed by atoms with Crippen molar-refractivity contribution in [3.63, 3.8) is 0 Å². The lowest BCUT2D eigenvalue weighted by Crippen LogP contribution is -2.39. The van der Waals surface area contributed by atoms with E-state index in [2.05, 4.69) is 62.3 Å². The Balaban J connectivity index is 2.07. The fraction of sp³-hybridized carbons (Fsp3) is 0.429. The van der Waals surface area contributed by atoms with Gasteiger partial charge in [-0.1, -0.05) is 62.3 Å². The average Bonchev–Trinajstić information content (AvgIpc) is 3.25. The summed E-state index contributed by atoms with van der Waals surface area (Å²) >= 11 is 0. The van der Waals surface area contributed by atoms with Gasteiger partial charge >= 0.3 is 10.1 Å². The van der Waals surface area contributed by atoms with Gasteiger partial charge in [-0.15, -0.1) is 0 Å². The van der Waals surface area contributed by atoms with E-state index >= 15 is 8.78 Å². The lowest BCUT2D eigenvalue weighted by molar-refractivity contribution is 0.354. The van der Waals surface area contributed by atoms with Crippen LogP contribution in [0.5, 0.6) is 17.2 Å². The molecular formula is C42H57F5O6S2Si3. The van der Waals surface area contributed by atoms with Gasteiger partial charge in [-0.3, -0.25) is 0 Å². The molecule has 58 heavy (non-hydrogen) atoms. The first kappa shape index (κ1) is 47.5. The minimum Gasteiger partial charge on any atom is -0.544 e. The molecule has 0 aromatic heterocycles. The third-order valence-corrected chi connectivity index (χ3v) is 30.7. The molecule has 4 rings (SSSR count). The van der Waals surface area contributed by atoms with E-state index in [-0.39, 0.29) is 14.7 Å². The zero-order chi connectivity index (χ0) is 43.1. The molecule has 6 nitrogen and oxygen atoms in total. The number of hydrogen-bond acceptors (Lipinski definition) is 6. The normalized spacial score (nSPS) is 13.1. The monoisotopic (exact) mass is 900 g/mol. The molecule has 16 heteroatoms. The van der Waals surface area contributed by atoms with Crippen molar-refractivity contribution >= 4 is 45.4 Å². The lowest BCUT2D eigenvalue weighted by Gasteiger charge is -2.40. The standard InChI is InChI=1S/C42H57F5O6S2Si3/c1-10-56(11-2,12-3)50-31-19-25-34(26-20-31)54(35-27-21-32(22-28-35)51-57(13-4,14-5)15-6,36-29-23-33(24-30-36)52-58(16-7,17-8)18-9)53-55(48,49)42-40(46)38(44)37(43)39(45)41(42)47/h19-30H,10-18H2,1-9H3. The molecule has 0 bridgehead atoms. The molecule has 0 aliphatic heterocycles. The van der Waals surface area contributed by atoms with Crippen LogP contribution >= 0.6 is 10.3 Å². The zero-order valence-corrected chi connectivity index (χ0v) is 39.6. The van der Waals surface area contributed by atoms with Crippen LogP contribution in [0.1, 0.15) is 62.3 Å². The Morgan fingerprint density at radius 3 is 0.845 bits per heavy atom. The summed E-state index contributed by atoms with van der Waals surface area (Å²) in [4.78, 5) is -1.32. The molecular weight excluding hydrogens is 844 g/mol. The van der Waals surface area contributed by atoms with Crippen molar-refractivity contribution in [2.24, 2.45) is 0 Å². The Morgan fingerprint density at radius 1 is 0.397 bits per heavy atom. The SMILES string of the molecule is CC[Si](CC)(CC)Oc1ccc(S(OS(=O)(=O)c2c(F)c(F)c(F)c(F)c2F)(c2ccc(O[Si](CC)(CC)CC)cc2)c2ccc(O[Si](CC)(CC)CC)cc2)cc1. The van der Waals surface area contributed by atoms with Crippen LogP contribution in [0.25, 0.3) is 0 Å². The molecule has 0 amide bonds. The molecule has 0 heterocycles. The van der Waals surface area contributed by atoms with Gasteiger partial charge in [0.15, 0.2) is 28.2 Å². The summed E-state index contributed by atoms with van der Waals surface area (Å²) in [5.41, 5.74) is 0. The molecule has 0 unspecified atom stereocenters. The summed E-state index contributed by atoms with van der Waals surface area (Å²) in [6.45, 7) is 18.8. The third kappa shape index (κ3) is 9.41. The molecule has 0 aliphatic rings. The molecule has 0 aliphatic carbocycles. The Labute approximate surface area is 346 Å². The second kappa shape index (κ2) is 19.5. The highest BCUT2D eigenvalue weighted by atomic mass is 32.3. The second-order valence-electron chi connectivity index (χ2n) is 14.4. The summed E-state index contributed by atoms with van der Waals surface area (Å²) in [6, 6.07) is 27.6. The van der Waals surface area contributed by atoms with Crippen molar-refractivity contribution < 1.29 is 47.3 Å². The quantitative estimate of drug-likeness (QED) is 0.0359. The molecule has 0 N–H and O–H groups in total. The summed E-state index contributed by atoms with van der Waals surface area (Å²) in [7, 11) is -15.9. The molecule has 4 aromatic carbocycles. The molecule has 0 saturated carbocycles. The Kier molecular flexibility index (Phi) is 16.0. The van der Waals surface area contributed by atoms with Crippen LogP contribution in [0.3, 0.4) is 0 Å². The van der Waals surface area contributed by atoms with Crippen LogP contribution in [-0.2, 0) is 13.7 Å². The highest BCUT2D eigenvalue weighted by molar-refractivity contribution is 8.33. The summed E-state index contributed by atoms with van der Waals surface area (Å²) in [6.07, 6.45) is 0. The summed E-state index contributed by atoms with van der Waals surface area (Å²) < 4.78 is 129. The van der Waals surface area contributed by atoms with Crippen molar-refractivity contribution in [3.05, 3.63) is 102 Å². The first-order valence-corrected chi connectivity index (χ1v) is 30.7. The van der Waals surface area contributed by atoms with Crippen molar-refractivity contribution in [2.75, 3.05) is 0 Å². The number of hydrogen-bond donors (Lipinski definition) is 0. The third-order valence-electron chi connectivity index (χ3n) is 11.9. The van der Waals surface area contributed by atoms with Gasteiger partial charge in [0.2, 0.25) is 30.8 Å². The minimum atomic E-state index is -5.77. The van der Waals surface area contributed by atoms with Crippen LogP contribution in [-0.4, -0.2) is 33.4 Å². The predicted octanol–water partition coefficient (Wildman–Crippen LogP) is 14.1. The molecule has 320 valence electrons. The van der Waals surface area contributed by atoms with Gasteiger partial charge in [-0.25, -0.2) is 25.6 Å². The minimum absolute atomic E-state index is 0.255. The second-order valence-corrected chi connectivity index (χ2v) is 32.9. The maximum atomic E-state index is 15.4. The van der Waals surface area contributed by atoms with Crippen LogP contribution in [0.2, 0.25) is 54.4 Å². The first-order chi connectivity index (χ1) is 27.5. The van der Waals surface area contributed by atoms with Gasteiger partial charge in [-0.2, -0.15) is 8.42 Å². The van der Waals surface area contributed by atoms with Gasteiger partial charge in [0.25, 0.3) is 0 Å². The van der Waals surface area contributed by atoms with E-state index in [0.29, 0.717) is 17.2 Å². The van der Waals surface area contributed by atoms with E-state index in [4.69, 9.17) is 16.9 Å². The number of halogens is 5. The van der Waals surface area contributed by atoms with Gasteiger partial charge in [0.1, 0.15) is 17.2 Å². The van der Waals surface area contributed by atoms with Gasteiger partial charge in [0, 0.05) is 14.7 Å². The largest absolute Gasteiger partial charge is 0.544 e. The van der Waals surface area contributed by atoms with Crippen molar-refractivity contribution in [3.8, 4) is 17.2 Å². The molecule has 0 atom stereocenters. The van der Waals surface area contributed by atoms with Crippen LogP contribution in [0.4, 0.5) is 22.0 Å². The Hall–Kier alpha value is -3.16. The fourth-order valence-corrected chi connectivity index (χ4v) is 20.2. The molecule has 0 saturated heterocycles. The molecule has 4 aromatic rings. The van der Waals surface area contributed by atoms with Crippen LogP contribution in [0, 0.1) is 29.1 Å². The Bertz CT molecular complexity index is 1880. The van der Waals surface area contributed by atoms with Crippen LogP contribution in [0.15, 0.2) is 92.4 Å². The fourth-order valence-electron chi connectivity index (χ4n) is 7.25. The smallest absolute Gasteiger partial charge is 0.313 e. The first-order valence-electron chi connectivity index (χ1n) is 20.2. The van der Waals surface area contributed by atoms with Gasteiger partial charge in [0.05, 0.1) is 0 Å². The number of rotatable bonds is 21. The van der Waals surface area contributed by atoms with E-state index in [1.807, 2.05) is 0 Å². The van der Waals surface area contributed by atoms with E-state index in [1.165, 1.54) is 0 Å². The average molecular weight is 901 g/mol. The topological polar surface area (TPSA) is 71.1 Å². The van der Waals surface area contributed by atoms with E-state index in [1.54, 1.807) is 72.8 Å².